The summed E-state index contributed by atoms with van der Waals surface area (Å²) in [6.07, 6.45) is -1.18. The molecule has 11 nitrogen and oxygen atoms in total. The van der Waals surface area contributed by atoms with Crippen molar-refractivity contribution in [3.63, 3.8) is 0 Å². The molecule has 1 aliphatic rings. The fraction of sp³-hybridized carbons (Fsp3) is 0.391. The van der Waals surface area contributed by atoms with Crippen molar-refractivity contribution < 1.29 is 31.2 Å². The molecule has 1 saturated carbocycles. The average molecular weight is 552 g/mol. The summed E-state index contributed by atoms with van der Waals surface area (Å²) in [4.78, 5) is 38.8. The Morgan fingerprint density at radius 1 is 1.13 bits per heavy atom. The van der Waals surface area contributed by atoms with Gasteiger partial charge in [-0.1, -0.05) is 0 Å². The van der Waals surface area contributed by atoms with Crippen molar-refractivity contribution in [3.05, 3.63) is 59.1 Å². The van der Waals surface area contributed by atoms with Crippen molar-refractivity contribution in [1.29, 1.82) is 0 Å². The summed E-state index contributed by atoms with van der Waals surface area (Å²) in [5.74, 6) is -0.272. The van der Waals surface area contributed by atoms with Gasteiger partial charge in [0, 0.05) is 37.9 Å². The summed E-state index contributed by atoms with van der Waals surface area (Å²) in [5.41, 5.74) is -1.65. The van der Waals surface area contributed by atoms with Crippen molar-refractivity contribution in [1.82, 2.24) is 34.9 Å². The van der Waals surface area contributed by atoms with Crippen LogP contribution in [-0.4, -0.2) is 70.2 Å². The SMILES string of the molecule is C[C@H](NC(=O)c1cc(C(F)(F)F)cc(S(C)(=O)=O)c1)c1nc(C2CC2)nn1-c1cc(C(=O)N(C)C)ncn1. The lowest BCUT2D eigenvalue weighted by molar-refractivity contribution is -0.137. The Hall–Kier alpha value is -3.88. The monoisotopic (exact) mass is 551 g/mol. The van der Waals surface area contributed by atoms with E-state index in [4.69, 9.17) is 0 Å². The molecule has 2 heterocycles. The number of amides is 2. The van der Waals surface area contributed by atoms with Crippen LogP contribution in [0.15, 0.2) is 35.5 Å². The third-order valence-electron chi connectivity index (χ3n) is 5.75. The summed E-state index contributed by atoms with van der Waals surface area (Å²) < 4.78 is 65.5. The van der Waals surface area contributed by atoms with E-state index >= 15 is 0 Å². The Morgan fingerprint density at radius 2 is 1.82 bits per heavy atom. The predicted octanol–water partition coefficient (Wildman–Crippen LogP) is 2.55. The molecule has 3 aromatic rings. The van der Waals surface area contributed by atoms with Gasteiger partial charge in [0.05, 0.1) is 16.5 Å². The minimum atomic E-state index is -4.87. The summed E-state index contributed by atoms with van der Waals surface area (Å²) >= 11 is 0. The van der Waals surface area contributed by atoms with Crippen molar-refractivity contribution >= 4 is 21.7 Å². The Kier molecular flexibility index (Phi) is 6.99. The van der Waals surface area contributed by atoms with Crippen LogP contribution < -0.4 is 5.32 Å². The van der Waals surface area contributed by atoms with Gasteiger partial charge in [-0.2, -0.15) is 17.9 Å². The number of aromatic nitrogens is 5. The number of hydrogen-bond donors (Lipinski definition) is 1. The van der Waals surface area contributed by atoms with Crippen LogP contribution in [0.2, 0.25) is 0 Å². The second-order valence-corrected chi connectivity index (χ2v) is 11.2. The molecular formula is C23H24F3N7O4S. The molecule has 15 heteroatoms. The number of hydrogen-bond acceptors (Lipinski definition) is 8. The van der Waals surface area contributed by atoms with Gasteiger partial charge < -0.3 is 10.2 Å². The van der Waals surface area contributed by atoms with Gasteiger partial charge in [0.1, 0.15) is 12.0 Å². The zero-order valence-corrected chi connectivity index (χ0v) is 21.6. The van der Waals surface area contributed by atoms with Gasteiger partial charge >= 0.3 is 6.18 Å². The molecular weight excluding hydrogens is 527 g/mol. The molecule has 1 fully saturated rings. The number of halogens is 3. The van der Waals surface area contributed by atoms with E-state index in [0.29, 0.717) is 18.0 Å². The van der Waals surface area contributed by atoms with Crippen LogP contribution in [0.1, 0.15) is 69.8 Å². The highest BCUT2D eigenvalue weighted by Gasteiger charge is 2.34. The third kappa shape index (κ3) is 5.82. The molecule has 1 aromatic carbocycles. The molecule has 0 unspecified atom stereocenters. The molecule has 1 N–H and O–H groups in total. The summed E-state index contributed by atoms with van der Waals surface area (Å²) in [6.45, 7) is 1.55. The minimum Gasteiger partial charge on any atom is -0.343 e. The number of sulfone groups is 1. The van der Waals surface area contributed by atoms with E-state index in [1.807, 2.05) is 0 Å². The van der Waals surface area contributed by atoms with Crippen LogP contribution in [0.25, 0.3) is 5.82 Å². The highest BCUT2D eigenvalue weighted by atomic mass is 32.2. The van der Waals surface area contributed by atoms with Gasteiger partial charge in [0.15, 0.2) is 27.3 Å². The average Bonchev–Trinajstić information content (AvgIpc) is 3.60. The van der Waals surface area contributed by atoms with Crippen molar-refractivity contribution in [2.45, 2.75) is 42.8 Å². The van der Waals surface area contributed by atoms with E-state index in [-0.39, 0.29) is 29.2 Å². The highest BCUT2D eigenvalue weighted by Crippen LogP contribution is 2.39. The van der Waals surface area contributed by atoms with E-state index in [1.54, 1.807) is 21.0 Å². The van der Waals surface area contributed by atoms with Gasteiger partial charge in [-0.25, -0.2) is 23.4 Å². The maximum atomic E-state index is 13.4. The number of nitrogens with zero attached hydrogens (tertiary/aromatic N) is 6. The van der Waals surface area contributed by atoms with Crippen LogP contribution >= 0.6 is 0 Å². The first kappa shape index (κ1) is 27.2. The van der Waals surface area contributed by atoms with E-state index in [2.05, 4.69) is 25.4 Å². The molecule has 38 heavy (non-hydrogen) atoms. The molecule has 0 bridgehead atoms. The zero-order valence-electron chi connectivity index (χ0n) is 20.8. The van der Waals surface area contributed by atoms with Crippen molar-refractivity contribution in [2.24, 2.45) is 0 Å². The Bertz CT molecular complexity index is 1520. The number of rotatable bonds is 7. The first-order valence-electron chi connectivity index (χ1n) is 11.4. The zero-order chi connectivity index (χ0) is 28.0. The summed E-state index contributed by atoms with van der Waals surface area (Å²) in [7, 11) is -0.901. The molecule has 2 aromatic heterocycles. The van der Waals surface area contributed by atoms with Crippen LogP contribution in [0.3, 0.4) is 0 Å². The van der Waals surface area contributed by atoms with E-state index < -0.39 is 44.0 Å². The van der Waals surface area contributed by atoms with Gasteiger partial charge in [-0.05, 0) is 38.0 Å². The Balaban J connectivity index is 1.70. The van der Waals surface area contributed by atoms with Gasteiger partial charge in [-0.3, -0.25) is 9.59 Å². The minimum absolute atomic E-state index is 0.100. The predicted molar refractivity (Wildman–Crippen MR) is 127 cm³/mol. The summed E-state index contributed by atoms with van der Waals surface area (Å²) in [5, 5.41) is 7.06. The molecule has 0 spiro atoms. The molecule has 0 radical (unpaired) electrons. The maximum Gasteiger partial charge on any atom is 0.416 e. The lowest BCUT2D eigenvalue weighted by Crippen LogP contribution is -2.29. The van der Waals surface area contributed by atoms with Crippen LogP contribution in [-0.2, 0) is 16.0 Å². The van der Waals surface area contributed by atoms with Crippen LogP contribution in [0, 0.1) is 0 Å². The fourth-order valence-electron chi connectivity index (χ4n) is 3.57. The normalized spacial score (nSPS) is 14.7. The maximum absolute atomic E-state index is 13.4. The molecule has 1 atom stereocenters. The lowest BCUT2D eigenvalue weighted by atomic mass is 10.1. The molecule has 202 valence electrons. The van der Waals surface area contributed by atoms with Crippen LogP contribution in [0.5, 0.6) is 0 Å². The van der Waals surface area contributed by atoms with Crippen LogP contribution in [0.4, 0.5) is 13.2 Å². The first-order valence-corrected chi connectivity index (χ1v) is 13.3. The first-order chi connectivity index (χ1) is 17.6. The number of carbonyl (C=O) groups excluding carboxylic acids is 2. The standard InChI is InChI=1S/C23H24F3N7O4S/c1-12(29-21(34)14-7-15(23(24,25)26)9-16(8-14)38(4,36)37)20-30-19(13-5-6-13)31-33(20)18-10-17(27-11-28-18)22(35)32(2)3/h7-13H,5-6H2,1-4H3,(H,29,34)/t12-/m0/s1. The van der Waals surface area contributed by atoms with E-state index in [1.165, 1.54) is 22.0 Å². The van der Waals surface area contributed by atoms with Crippen molar-refractivity contribution in [3.8, 4) is 5.82 Å². The molecule has 4 rings (SSSR count). The molecule has 2 amide bonds. The molecule has 1 aliphatic carbocycles. The third-order valence-corrected chi connectivity index (χ3v) is 6.84. The quantitative estimate of drug-likeness (QED) is 0.473. The van der Waals surface area contributed by atoms with Gasteiger partial charge in [-0.15, -0.1) is 5.10 Å². The number of benzene rings is 1. The largest absolute Gasteiger partial charge is 0.416 e. The highest BCUT2D eigenvalue weighted by molar-refractivity contribution is 7.90. The van der Waals surface area contributed by atoms with E-state index in [9.17, 15) is 31.2 Å². The molecule has 0 saturated heterocycles. The Labute approximate surface area is 216 Å². The second kappa shape index (κ2) is 9.78. The van der Waals surface area contributed by atoms with Gasteiger partial charge in [0.2, 0.25) is 0 Å². The Morgan fingerprint density at radius 3 is 2.39 bits per heavy atom. The smallest absolute Gasteiger partial charge is 0.343 e. The molecule has 0 aliphatic heterocycles. The second-order valence-electron chi connectivity index (χ2n) is 9.19. The number of alkyl halides is 3. The van der Waals surface area contributed by atoms with Gasteiger partial charge in [0.25, 0.3) is 11.8 Å². The lowest BCUT2D eigenvalue weighted by Gasteiger charge is -2.16. The van der Waals surface area contributed by atoms with Crippen molar-refractivity contribution in [2.75, 3.05) is 20.4 Å². The van der Waals surface area contributed by atoms with E-state index in [0.717, 1.165) is 25.2 Å². The fourth-order valence-corrected chi connectivity index (χ4v) is 4.25. The number of nitrogens with one attached hydrogen (secondary N) is 1. The topological polar surface area (TPSA) is 140 Å². The number of carbonyl (C=O) groups is 2. The summed E-state index contributed by atoms with van der Waals surface area (Å²) in [6, 6.07) is 2.48.